The van der Waals surface area contributed by atoms with Crippen LogP contribution in [0.2, 0.25) is 0 Å². The molecule has 0 amide bonds. The molecule has 0 bridgehead atoms. The van der Waals surface area contributed by atoms with Crippen LogP contribution in [0.15, 0.2) is 24.3 Å². The first-order valence-electron chi connectivity index (χ1n) is 7.13. The molecule has 2 atom stereocenters. The average Bonchev–Trinajstić information content (AvgIpc) is 2.35. The van der Waals surface area contributed by atoms with Crippen LogP contribution in [0.1, 0.15) is 24.5 Å². The summed E-state index contributed by atoms with van der Waals surface area (Å²) in [6.45, 7) is 3.23. The molecule has 1 aliphatic rings. The monoisotopic (exact) mass is 262 g/mol. The SMILES string of the molecule is CN(C)CC(C)(O)CNC1CCc2ccccc2C1. The number of rotatable bonds is 5. The Morgan fingerprint density at radius 2 is 2.00 bits per heavy atom. The summed E-state index contributed by atoms with van der Waals surface area (Å²) in [6.07, 6.45) is 3.38. The Morgan fingerprint density at radius 1 is 1.32 bits per heavy atom. The molecule has 1 aliphatic carbocycles. The minimum atomic E-state index is -0.666. The first-order chi connectivity index (χ1) is 8.96. The topological polar surface area (TPSA) is 35.5 Å². The van der Waals surface area contributed by atoms with Gasteiger partial charge in [0.25, 0.3) is 0 Å². The lowest BCUT2D eigenvalue weighted by molar-refractivity contribution is 0.0309. The van der Waals surface area contributed by atoms with Gasteiger partial charge in [0, 0.05) is 19.1 Å². The summed E-state index contributed by atoms with van der Waals surface area (Å²) < 4.78 is 0. The zero-order valence-corrected chi connectivity index (χ0v) is 12.3. The largest absolute Gasteiger partial charge is 0.388 e. The maximum Gasteiger partial charge on any atom is 0.0869 e. The van der Waals surface area contributed by atoms with Gasteiger partial charge in [-0.25, -0.2) is 0 Å². The molecule has 0 aliphatic heterocycles. The summed E-state index contributed by atoms with van der Waals surface area (Å²) in [5.74, 6) is 0. The number of benzene rings is 1. The van der Waals surface area contributed by atoms with Gasteiger partial charge in [-0.15, -0.1) is 0 Å². The van der Waals surface area contributed by atoms with Crippen LogP contribution >= 0.6 is 0 Å². The molecule has 0 fully saturated rings. The molecular formula is C16H26N2O. The molecule has 3 heteroatoms. The Morgan fingerprint density at radius 3 is 2.68 bits per heavy atom. The summed E-state index contributed by atoms with van der Waals surface area (Å²) in [5, 5.41) is 13.8. The lowest BCUT2D eigenvalue weighted by atomic mass is 9.88. The van der Waals surface area contributed by atoms with Gasteiger partial charge < -0.3 is 15.3 Å². The molecule has 0 saturated heterocycles. The van der Waals surface area contributed by atoms with Crippen molar-refractivity contribution in [2.75, 3.05) is 27.2 Å². The van der Waals surface area contributed by atoms with E-state index in [1.165, 1.54) is 11.1 Å². The van der Waals surface area contributed by atoms with Crippen LogP contribution in [0, 0.1) is 0 Å². The Balaban J connectivity index is 1.86. The van der Waals surface area contributed by atoms with E-state index in [1.807, 2.05) is 25.9 Å². The maximum absolute atomic E-state index is 10.3. The van der Waals surface area contributed by atoms with Crippen LogP contribution in [-0.4, -0.2) is 48.8 Å². The molecule has 106 valence electrons. The van der Waals surface area contributed by atoms with Gasteiger partial charge in [-0.2, -0.15) is 0 Å². The number of aliphatic hydroxyl groups is 1. The Labute approximate surface area is 116 Å². The van der Waals surface area contributed by atoms with E-state index in [1.54, 1.807) is 0 Å². The van der Waals surface area contributed by atoms with Crippen LogP contribution in [0.25, 0.3) is 0 Å². The van der Waals surface area contributed by atoms with Crippen molar-refractivity contribution in [3.05, 3.63) is 35.4 Å². The number of nitrogens with one attached hydrogen (secondary N) is 1. The highest BCUT2D eigenvalue weighted by molar-refractivity contribution is 5.30. The van der Waals surface area contributed by atoms with E-state index in [0.717, 1.165) is 19.3 Å². The number of nitrogens with zero attached hydrogens (tertiary/aromatic N) is 1. The minimum Gasteiger partial charge on any atom is -0.388 e. The molecule has 3 nitrogen and oxygen atoms in total. The smallest absolute Gasteiger partial charge is 0.0869 e. The van der Waals surface area contributed by atoms with Gasteiger partial charge >= 0.3 is 0 Å². The minimum absolute atomic E-state index is 0.489. The quantitative estimate of drug-likeness (QED) is 0.843. The predicted octanol–water partition coefficient (Wildman–Crippen LogP) is 1.45. The second kappa shape index (κ2) is 6.04. The zero-order chi connectivity index (χ0) is 13.9. The molecule has 2 N–H and O–H groups in total. The fourth-order valence-corrected chi connectivity index (χ4v) is 2.97. The second-order valence-electron chi connectivity index (χ2n) is 6.32. The molecule has 0 heterocycles. The molecule has 2 rings (SSSR count). The van der Waals surface area contributed by atoms with Crippen molar-refractivity contribution >= 4 is 0 Å². The van der Waals surface area contributed by atoms with Crippen LogP contribution < -0.4 is 5.32 Å². The Hall–Kier alpha value is -0.900. The lowest BCUT2D eigenvalue weighted by Gasteiger charge is -2.31. The van der Waals surface area contributed by atoms with E-state index in [0.29, 0.717) is 19.1 Å². The first-order valence-corrected chi connectivity index (χ1v) is 7.13. The molecule has 0 aromatic heterocycles. The van der Waals surface area contributed by atoms with Gasteiger partial charge in [0.1, 0.15) is 0 Å². The predicted molar refractivity (Wildman–Crippen MR) is 79.4 cm³/mol. The van der Waals surface area contributed by atoms with Gasteiger partial charge in [0.2, 0.25) is 0 Å². The van der Waals surface area contributed by atoms with Gasteiger partial charge in [-0.3, -0.25) is 0 Å². The molecular weight excluding hydrogens is 236 g/mol. The van der Waals surface area contributed by atoms with Crippen LogP contribution in [0.5, 0.6) is 0 Å². The normalized spacial score (nSPS) is 22.1. The Kier molecular flexibility index (Phi) is 4.61. The maximum atomic E-state index is 10.3. The fourth-order valence-electron chi connectivity index (χ4n) is 2.97. The van der Waals surface area contributed by atoms with Gasteiger partial charge in [0.15, 0.2) is 0 Å². The number of hydrogen-bond donors (Lipinski definition) is 2. The van der Waals surface area contributed by atoms with Crippen molar-refractivity contribution in [1.82, 2.24) is 10.2 Å². The van der Waals surface area contributed by atoms with E-state index in [9.17, 15) is 5.11 Å². The first kappa shape index (κ1) is 14.5. The number of hydrogen-bond acceptors (Lipinski definition) is 3. The third-order valence-electron chi connectivity index (χ3n) is 3.78. The number of likely N-dealkylation sites (N-methyl/N-ethyl adjacent to an activating group) is 1. The Bertz CT molecular complexity index is 415. The van der Waals surface area contributed by atoms with Gasteiger partial charge in [-0.05, 0) is 51.4 Å². The van der Waals surface area contributed by atoms with E-state index in [4.69, 9.17) is 0 Å². The zero-order valence-electron chi connectivity index (χ0n) is 12.3. The highest BCUT2D eigenvalue weighted by atomic mass is 16.3. The van der Waals surface area contributed by atoms with Crippen molar-refractivity contribution in [3.8, 4) is 0 Å². The van der Waals surface area contributed by atoms with E-state index in [2.05, 4.69) is 29.6 Å². The summed E-state index contributed by atoms with van der Waals surface area (Å²) in [5.41, 5.74) is 2.28. The van der Waals surface area contributed by atoms with Crippen molar-refractivity contribution in [2.24, 2.45) is 0 Å². The fraction of sp³-hybridized carbons (Fsp3) is 0.625. The average molecular weight is 262 g/mol. The number of fused-ring (bicyclic) bond motifs is 1. The highest BCUT2D eigenvalue weighted by Crippen LogP contribution is 2.21. The van der Waals surface area contributed by atoms with Crippen LogP contribution in [0.4, 0.5) is 0 Å². The van der Waals surface area contributed by atoms with Crippen molar-refractivity contribution < 1.29 is 5.11 Å². The van der Waals surface area contributed by atoms with E-state index in [-0.39, 0.29) is 0 Å². The summed E-state index contributed by atoms with van der Waals surface area (Å²) in [6, 6.07) is 9.18. The molecule has 0 saturated carbocycles. The third-order valence-corrected chi connectivity index (χ3v) is 3.78. The summed E-state index contributed by atoms with van der Waals surface area (Å²) in [4.78, 5) is 2.03. The second-order valence-corrected chi connectivity index (χ2v) is 6.32. The van der Waals surface area contributed by atoms with Crippen molar-refractivity contribution in [2.45, 2.75) is 37.8 Å². The van der Waals surface area contributed by atoms with E-state index >= 15 is 0 Å². The molecule has 1 aromatic rings. The third kappa shape index (κ3) is 4.30. The summed E-state index contributed by atoms with van der Waals surface area (Å²) in [7, 11) is 3.98. The molecule has 0 radical (unpaired) electrons. The van der Waals surface area contributed by atoms with Gasteiger partial charge in [-0.1, -0.05) is 24.3 Å². The summed E-state index contributed by atoms with van der Waals surface area (Å²) >= 11 is 0. The van der Waals surface area contributed by atoms with Crippen LogP contribution in [-0.2, 0) is 12.8 Å². The van der Waals surface area contributed by atoms with Crippen molar-refractivity contribution in [1.29, 1.82) is 0 Å². The number of aryl methyl sites for hydroxylation is 1. The molecule has 0 spiro atoms. The molecule has 19 heavy (non-hydrogen) atoms. The van der Waals surface area contributed by atoms with Crippen molar-refractivity contribution in [3.63, 3.8) is 0 Å². The molecule has 1 aromatic carbocycles. The van der Waals surface area contributed by atoms with Crippen LogP contribution in [0.3, 0.4) is 0 Å². The molecule has 2 unspecified atom stereocenters. The van der Waals surface area contributed by atoms with E-state index < -0.39 is 5.60 Å². The van der Waals surface area contributed by atoms with Gasteiger partial charge in [0.05, 0.1) is 5.60 Å². The highest BCUT2D eigenvalue weighted by Gasteiger charge is 2.24. The standard InChI is InChI=1S/C16H26N2O/c1-16(19,12-18(2)3)11-17-15-9-8-13-6-4-5-7-14(13)10-15/h4-7,15,17,19H,8-12H2,1-3H3. The lowest BCUT2D eigenvalue weighted by Crippen LogP contribution is -2.49.